The summed E-state index contributed by atoms with van der Waals surface area (Å²) >= 11 is 1.38. The van der Waals surface area contributed by atoms with E-state index in [1.165, 1.54) is 24.2 Å². The van der Waals surface area contributed by atoms with Gasteiger partial charge in [-0.3, -0.25) is 9.78 Å². The van der Waals surface area contributed by atoms with E-state index in [1.54, 1.807) is 6.20 Å². The van der Waals surface area contributed by atoms with Crippen LogP contribution < -0.4 is 11.1 Å². The van der Waals surface area contributed by atoms with Crippen molar-refractivity contribution in [1.29, 1.82) is 0 Å². The highest BCUT2D eigenvalue weighted by atomic mass is 32.1. The van der Waals surface area contributed by atoms with Crippen LogP contribution in [0.4, 0.5) is 5.69 Å². The van der Waals surface area contributed by atoms with Crippen LogP contribution in [0.5, 0.6) is 0 Å². The zero-order valence-corrected chi connectivity index (χ0v) is 12.6. The second kappa shape index (κ2) is 6.41. The SMILES string of the molecule is Nc1c(C(=O)NCCCOCC2CC2)sc2cccnc12. The first-order valence-electron chi connectivity index (χ1n) is 7.24. The number of pyridine rings is 1. The molecule has 1 amide bonds. The molecule has 2 aromatic heterocycles. The third-order valence-corrected chi connectivity index (χ3v) is 4.65. The normalized spacial score (nSPS) is 14.5. The number of nitrogens with two attached hydrogens (primary N) is 1. The topological polar surface area (TPSA) is 77.2 Å². The lowest BCUT2D eigenvalue weighted by Gasteiger charge is -2.05. The number of nitrogen functional groups attached to an aromatic ring is 1. The molecule has 0 unspecified atom stereocenters. The molecule has 0 atom stereocenters. The summed E-state index contributed by atoms with van der Waals surface area (Å²) in [5.74, 6) is 0.656. The molecule has 3 rings (SSSR count). The van der Waals surface area contributed by atoms with Gasteiger partial charge in [0.15, 0.2) is 0 Å². The molecule has 21 heavy (non-hydrogen) atoms. The second-order valence-corrected chi connectivity index (χ2v) is 6.37. The molecule has 112 valence electrons. The van der Waals surface area contributed by atoms with Gasteiger partial charge in [-0.15, -0.1) is 11.3 Å². The molecule has 0 bridgehead atoms. The van der Waals surface area contributed by atoms with Crippen LogP contribution in [-0.2, 0) is 4.74 Å². The Morgan fingerprint density at radius 1 is 1.52 bits per heavy atom. The van der Waals surface area contributed by atoms with E-state index in [1.807, 2.05) is 12.1 Å². The summed E-state index contributed by atoms with van der Waals surface area (Å²) in [4.78, 5) is 16.9. The predicted molar refractivity (Wildman–Crippen MR) is 84.5 cm³/mol. The first-order chi connectivity index (χ1) is 10.3. The average Bonchev–Trinajstić information content (AvgIpc) is 3.26. The van der Waals surface area contributed by atoms with E-state index in [4.69, 9.17) is 10.5 Å². The number of anilines is 1. The average molecular weight is 305 g/mol. The molecule has 6 heteroatoms. The number of thiophene rings is 1. The number of aromatic nitrogens is 1. The van der Waals surface area contributed by atoms with Crippen molar-refractivity contribution >= 4 is 33.1 Å². The summed E-state index contributed by atoms with van der Waals surface area (Å²) in [6.45, 7) is 2.16. The molecule has 2 heterocycles. The van der Waals surface area contributed by atoms with Crippen molar-refractivity contribution in [1.82, 2.24) is 10.3 Å². The smallest absolute Gasteiger partial charge is 0.263 e. The Bertz CT molecular complexity index is 637. The van der Waals surface area contributed by atoms with Gasteiger partial charge in [0.1, 0.15) is 10.4 Å². The van der Waals surface area contributed by atoms with Crippen LogP contribution in [0.2, 0.25) is 0 Å². The van der Waals surface area contributed by atoms with E-state index in [0.29, 0.717) is 29.2 Å². The molecule has 1 saturated carbocycles. The third-order valence-electron chi connectivity index (χ3n) is 3.49. The number of hydrogen-bond donors (Lipinski definition) is 2. The van der Waals surface area contributed by atoms with Crippen LogP contribution in [0.15, 0.2) is 18.3 Å². The molecular formula is C15H19N3O2S. The fourth-order valence-electron chi connectivity index (χ4n) is 2.11. The van der Waals surface area contributed by atoms with Gasteiger partial charge in [0.25, 0.3) is 5.91 Å². The van der Waals surface area contributed by atoms with Crippen molar-refractivity contribution in [2.45, 2.75) is 19.3 Å². The van der Waals surface area contributed by atoms with Gasteiger partial charge < -0.3 is 15.8 Å². The van der Waals surface area contributed by atoms with Crippen molar-refractivity contribution in [2.24, 2.45) is 5.92 Å². The summed E-state index contributed by atoms with van der Waals surface area (Å²) in [5.41, 5.74) is 7.17. The maximum Gasteiger partial charge on any atom is 0.263 e. The van der Waals surface area contributed by atoms with Gasteiger partial charge in [-0.2, -0.15) is 0 Å². The van der Waals surface area contributed by atoms with E-state index in [9.17, 15) is 4.79 Å². The van der Waals surface area contributed by atoms with E-state index >= 15 is 0 Å². The molecule has 0 spiro atoms. The van der Waals surface area contributed by atoms with E-state index in [0.717, 1.165) is 23.6 Å². The van der Waals surface area contributed by atoms with Crippen molar-refractivity contribution in [3.63, 3.8) is 0 Å². The van der Waals surface area contributed by atoms with Gasteiger partial charge in [0.05, 0.1) is 10.4 Å². The van der Waals surface area contributed by atoms with Gasteiger partial charge >= 0.3 is 0 Å². The minimum Gasteiger partial charge on any atom is -0.396 e. The van der Waals surface area contributed by atoms with Gasteiger partial charge in [-0.1, -0.05) is 0 Å². The first kappa shape index (κ1) is 14.3. The highest BCUT2D eigenvalue weighted by molar-refractivity contribution is 7.21. The number of nitrogens with one attached hydrogen (secondary N) is 1. The number of fused-ring (bicyclic) bond motifs is 1. The minimum atomic E-state index is -0.127. The van der Waals surface area contributed by atoms with E-state index in [2.05, 4.69) is 10.3 Å². The number of ether oxygens (including phenoxy) is 1. The zero-order valence-electron chi connectivity index (χ0n) is 11.8. The Balaban J connectivity index is 1.48. The van der Waals surface area contributed by atoms with Crippen molar-refractivity contribution in [2.75, 3.05) is 25.5 Å². The lowest BCUT2D eigenvalue weighted by Crippen LogP contribution is -2.25. The molecular weight excluding hydrogens is 286 g/mol. The van der Waals surface area contributed by atoms with Gasteiger partial charge in [0, 0.05) is 26.0 Å². The molecule has 5 nitrogen and oxygen atoms in total. The molecule has 2 aromatic rings. The number of hydrogen-bond acceptors (Lipinski definition) is 5. The summed E-state index contributed by atoms with van der Waals surface area (Å²) < 4.78 is 6.47. The number of rotatable bonds is 7. The highest BCUT2D eigenvalue weighted by Gasteiger charge is 2.21. The molecule has 1 aliphatic carbocycles. The maximum absolute atomic E-state index is 12.1. The Morgan fingerprint density at radius 2 is 2.38 bits per heavy atom. The first-order valence-corrected chi connectivity index (χ1v) is 8.06. The molecule has 3 N–H and O–H groups in total. The lowest BCUT2D eigenvalue weighted by molar-refractivity contribution is 0.0942. The fraction of sp³-hybridized carbons (Fsp3) is 0.467. The number of carbonyl (C=O) groups is 1. The highest BCUT2D eigenvalue weighted by Crippen LogP contribution is 2.31. The zero-order chi connectivity index (χ0) is 14.7. The molecule has 1 fully saturated rings. The Hall–Kier alpha value is -1.66. The number of amides is 1. The lowest BCUT2D eigenvalue weighted by atomic mass is 10.3. The Kier molecular flexibility index (Phi) is 4.36. The van der Waals surface area contributed by atoms with Crippen LogP contribution in [0.1, 0.15) is 28.9 Å². The van der Waals surface area contributed by atoms with Gasteiger partial charge in [-0.05, 0) is 37.3 Å². The van der Waals surface area contributed by atoms with Crippen molar-refractivity contribution < 1.29 is 9.53 Å². The van der Waals surface area contributed by atoms with Crippen molar-refractivity contribution in [3.05, 3.63) is 23.2 Å². The molecule has 0 aromatic carbocycles. The summed E-state index contributed by atoms with van der Waals surface area (Å²) in [6.07, 6.45) is 5.11. The van der Waals surface area contributed by atoms with Crippen molar-refractivity contribution in [3.8, 4) is 0 Å². The summed E-state index contributed by atoms with van der Waals surface area (Å²) in [7, 11) is 0. The van der Waals surface area contributed by atoms with E-state index < -0.39 is 0 Å². The maximum atomic E-state index is 12.1. The van der Waals surface area contributed by atoms with E-state index in [-0.39, 0.29) is 5.91 Å². The Morgan fingerprint density at radius 3 is 3.14 bits per heavy atom. The predicted octanol–water partition coefficient (Wildman–Crippen LogP) is 2.42. The Labute approximate surface area is 127 Å². The van der Waals surface area contributed by atoms with Gasteiger partial charge in [-0.25, -0.2) is 0 Å². The van der Waals surface area contributed by atoms with Crippen LogP contribution in [0.25, 0.3) is 10.2 Å². The third kappa shape index (κ3) is 3.51. The van der Waals surface area contributed by atoms with Gasteiger partial charge in [0.2, 0.25) is 0 Å². The monoisotopic (exact) mass is 305 g/mol. The molecule has 0 radical (unpaired) electrons. The van der Waals surface area contributed by atoms with Crippen LogP contribution in [-0.4, -0.2) is 30.6 Å². The number of carbonyl (C=O) groups excluding carboxylic acids is 1. The van der Waals surface area contributed by atoms with Crippen LogP contribution in [0.3, 0.4) is 0 Å². The molecule has 0 aliphatic heterocycles. The standard InChI is InChI=1S/C15H19N3O2S/c16-12-13-11(3-1-6-17-13)21-14(12)15(19)18-7-2-8-20-9-10-4-5-10/h1,3,6,10H,2,4-5,7-9,16H2,(H,18,19). The molecule has 0 saturated heterocycles. The summed E-state index contributed by atoms with van der Waals surface area (Å²) in [6, 6.07) is 3.77. The van der Waals surface area contributed by atoms with Crippen LogP contribution in [0, 0.1) is 5.92 Å². The number of nitrogens with zero attached hydrogens (tertiary/aromatic N) is 1. The van der Waals surface area contributed by atoms with Crippen LogP contribution >= 0.6 is 11.3 Å². The molecule has 1 aliphatic rings. The minimum absolute atomic E-state index is 0.127. The quantitative estimate of drug-likeness (QED) is 0.770. The largest absolute Gasteiger partial charge is 0.396 e. The summed E-state index contributed by atoms with van der Waals surface area (Å²) in [5, 5.41) is 2.89. The second-order valence-electron chi connectivity index (χ2n) is 5.32. The fourth-order valence-corrected chi connectivity index (χ4v) is 3.10.